The summed E-state index contributed by atoms with van der Waals surface area (Å²) in [7, 11) is -1.19. The first-order valence-corrected chi connectivity index (χ1v) is 9.07. The molecule has 0 saturated carbocycles. The van der Waals surface area contributed by atoms with Crippen molar-refractivity contribution < 1.29 is 8.42 Å². The third-order valence-electron chi connectivity index (χ3n) is 3.93. The number of nitrogens with two attached hydrogens (primary N) is 1. The molecule has 118 valence electrons. The summed E-state index contributed by atoms with van der Waals surface area (Å²) in [5, 5.41) is 0. The van der Waals surface area contributed by atoms with E-state index in [1.54, 1.807) is 0 Å². The normalized spacial score (nSPS) is 20.6. The number of piperidine rings is 1. The van der Waals surface area contributed by atoms with Crippen molar-refractivity contribution in [2.45, 2.75) is 25.1 Å². The zero-order valence-corrected chi connectivity index (χ0v) is 13.4. The van der Waals surface area contributed by atoms with Crippen LogP contribution in [0, 0.1) is 5.92 Å². The van der Waals surface area contributed by atoms with Crippen LogP contribution in [-0.2, 0) is 22.3 Å². The maximum Gasteiger partial charge on any atom is 0.215 e. The largest absolute Gasteiger partial charge is 0.326 e. The number of hydrogen-bond donors (Lipinski definition) is 2. The van der Waals surface area contributed by atoms with Gasteiger partial charge in [-0.15, -0.1) is 0 Å². The lowest BCUT2D eigenvalue weighted by molar-refractivity contribution is 0.211. The maximum absolute atomic E-state index is 12.1. The van der Waals surface area contributed by atoms with Crippen LogP contribution in [0.5, 0.6) is 0 Å². The summed E-state index contributed by atoms with van der Waals surface area (Å²) in [5.41, 5.74) is 7.33. The number of rotatable bonds is 6. The summed E-state index contributed by atoms with van der Waals surface area (Å²) in [5.74, 6) is 0.443. The highest BCUT2D eigenvalue weighted by Gasteiger charge is 2.19. The molecule has 1 aliphatic heterocycles. The average Bonchev–Trinajstić information content (AvgIpc) is 2.46. The molecule has 1 aromatic rings. The van der Waals surface area contributed by atoms with Gasteiger partial charge in [0.05, 0.1) is 5.75 Å². The summed E-state index contributed by atoms with van der Waals surface area (Å²) in [6.45, 7) is 3.08. The Morgan fingerprint density at radius 2 is 1.95 bits per heavy atom. The predicted molar refractivity (Wildman–Crippen MR) is 85.2 cm³/mol. The summed E-state index contributed by atoms with van der Waals surface area (Å²) in [6.07, 6.45) is 2.24. The van der Waals surface area contributed by atoms with Crippen LogP contribution in [0.1, 0.15) is 24.0 Å². The molecule has 1 aromatic carbocycles. The lowest BCUT2D eigenvalue weighted by Gasteiger charge is -2.29. The van der Waals surface area contributed by atoms with Crippen LogP contribution < -0.4 is 10.5 Å². The van der Waals surface area contributed by atoms with Gasteiger partial charge < -0.3 is 10.6 Å². The van der Waals surface area contributed by atoms with Crippen molar-refractivity contribution in [2.24, 2.45) is 11.7 Å². The zero-order chi connectivity index (χ0) is 15.3. The number of likely N-dealkylation sites (tertiary alicyclic amines) is 1. The van der Waals surface area contributed by atoms with Gasteiger partial charge in [-0.2, -0.15) is 0 Å². The third kappa shape index (κ3) is 5.39. The van der Waals surface area contributed by atoms with E-state index in [0.717, 1.165) is 37.1 Å². The van der Waals surface area contributed by atoms with Crippen molar-refractivity contribution in [2.75, 3.05) is 26.7 Å². The van der Waals surface area contributed by atoms with Gasteiger partial charge in [0.15, 0.2) is 0 Å². The molecule has 21 heavy (non-hydrogen) atoms. The Bertz CT molecular complexity index is 543. The van der Waals surface area contributed by atoms with E-state index in [2.05, 4.69) is 16.7 Å². The van der Waals surface area contributed by atoms with Crippen LogP contribution in [0.2, 0.25) is 0 Å². The van der Waals surface area contributed by atoms with Gasteiger partial charge in [-0.25, -0.2) is 13.1 Å². The number of nitrogens with zero attached hydrogens (tertiary/aromatic N) is 1. The fourth-order valence-electron chi connectivity index (χ4n) is 2.73. The Hall–Kier alpha value is -0.950. The van der Waals surface area contributed by atoms with Crippen LogP contribution in [0.25, 0.3) is 0 Å². The topological polar surface area (TPSA) is 75.4 Å². The Morgan fingerprint density at radius 3 is 2.57 bits per heavy atom. The van der Waals surface area contributed by atoms with Gasteiger partial charge in [-0.3, -0.25) is 0 Å². The Morgan fingerprint density at radius 1 is 1.29 bits per heavy atom. The second-order valence-corrected chi connectivity index (χ2v) is 7.71. The summed E-state index contributed by atoms with van der Waals surface area (Å²) < 4.78 is 27.0. The van der Waals surface area contributed by atoms with Crippen LogP contribution in [0.15, 0.2) is 24.3 Å². The fourth-order valence-corrected chi connectivity index (χ4v) is 3.95. The number of sulfonamides is 1. The molecule has 0 aromatic heterocycles. The van der Waals surface area contributed by atoms with Gasteiger partial charge in [0.25, 0.3) is 0 Å². The molecule has 0 bridgehead atoms. The number of hydrogen-bond acceptors (Lipinski definition) is 4. The van der Waals surface area contributed by atoms with Crippen molar-refractivity contribution in [3.63, 3.8) is 0 Å². The van der Waals surface area contributed by atoms with E-state index in [1.165, 1.54) is 0 Å². The molecular formula is C15H25N3O2S. The van der Waals surface area contributed by atoms with Crippen molar-refractivity contribution in [1.82, 2.24) is 9.62 Å². The highest BCUT2D eigenvalue weighted by Crippen LogP contribution is 2.15. The Kier molecular flexibility index (Phi) is 5.75. The molecule has 0 spiro atoms. The van der Waals surface area contributed by atoms with Gasteiger partial charge in [0, 0.05) is 19.6 Å². The number of nitrogens with one attached hydrogen (secondary N) is 1. The quantitative estimate of drug-likeness (QED) is 0.819. The molecule has 1 aliphatic rings. The standard InChI is InChI=1S/C15H25N3O2S/c1-18-8-2-3-15(11-18)10-17-21(19,20)12-14-6-4-13(9-16)5-7-14/h4-7,15,17H,2-3,8-12,16H2,1H3. The van der Waals surface area contributed by atoms with Gasteiger partial charge in [-0.05, 0) is 43.5 Å². The molecule has 0 radical (unpaired) electrons. The maximum atomic E-state index is 12.1. The second-order valence-electron chi connectivity index (χ2n) is 5.90. The van der Waals surface area contributed by atoms with Crippen molar-refractivity contribution in [3.8, 4) is 0 Å². The van der Waals surface area contributed by atoms with Gasteiger partial charge in [0.2, 0.25) is 10.0 Å². The highest BCUT2D eigenvalue weighted by molar-refractivity contribution is 7.88. The smallest absolute Gasteiger partial charge is 0.215 e. The third-order valence-corrected chi connectivity index (χ3v) is 5.25. The van der Waals surface area contributed by atoms with Crippen LogP contribution in [-0.4, -0.2) is 40.0 Å². The molecule has 0 amide bonds. The Balaban J connectivity index is 1.86. The monoisotopic (exact) mass is 311 g/mol. The van der Waals surface area contributed by atoms with E-state index in [9.17, 15) is 8.42 Å². The Labute approximate surface area is 127 Å². The van der Waals surface area contributed by atoms with Crippen LogP contribution in [0.3, 0.4) is 0 Å². The molecule has 3 N–H and O–H groups in total. The van der Waals surface area contributed by atoms with Crippen molar-refractivity contribution in [3.05, 3.63) is 35.4 Å². The van der Waals surface area contributed by atoms with E-state index in [4.69, 9.17) is 5.73 Å². The first-order valence-electron chi connectivity index (χ1n) is 7.42. The van der Waals surface area contributed by atoms with Gasteiger partial charge >= 0.3 is 0 Å². The molecular weight excluding hydrogens is 286 g/mol. The lowest BCUT2D eigenvalue weighted by Crippen LogP contribution is -2.39. The first-order chi connectivity index (χ1) is 9.98. The first kappa shape index (κ1) is 16.4. The molecule has 2 rings (SSSR count). The van der Waals surface area contributed by atoms with Crippen molar-refractivity contribution >= 4 is 10.0 Å². The second kappa shape index (κ2) is 7.35. The number of benzene rings is 1. The molecule has 0 aliphatic carbocycles. The summed E-state index contributed by atoms with van der Waals surface area (Å²) in [4.78, 5) is 2.26. The van der Waals surface area contributed by atoms with E-state index in [-0.39, 0.29) is 5.75 Å². The SMILES string of the molecule is CN1CCCC(CNS(=O)(=O)Cc2ccc(CN)cc2)C1. The molecule has 1 atom stereocenters. The summed E-state index contributed by atoms with van der Waals surface area (Å²) in [6, 6.07) is 7.41. The van der Waals surface area contributed by atoms with E-state index < -0.39 is 10.0 Å². The van der Waals surface area contributed by atoms with E-state index in [1.807, 2.05) is 24.3 Å². The van der Waals surface area contributed by atoms with Crippen molar-refractivity contribution in [1.29, 1.82) is 0 Å². The van der Waals surface area contributed by atoms with E-state index in [0.29, 0.717) is 19.0 Å². The minimum absolute atomic E-state index is 0.0282. The average molecular weight is 311 g/mol. The minimum atomic E-state index is -3.27. The zero-order valence-electron chi connectivity index (χ0n) is 12.6. The molecule has 5 nitrogen and oxygen atoms in total. The molecule has 1 fully saturated rings. The predicted octanol–water partition coefficient (Wildman–Crippen LogP) is 0.907. The van der Waals surface area contributed by atoms with Gasteiger partial charge in [-0.1, -0.05) is 24.3 Å². The van der Waals surface area contributed by atoms with E-state index >= 15 is 0 Å². The molecule has 6 heteroatoms. The van der Waals surface area contributed by atoms with Crippen LogP contribution in [0.4, 0.5) is 0 Å². The van der Waals surface area contributed by atoms with Crippen LogP contribution >= 0.6 is 0 Å². The highest BCUT2D eigenvalue weighted by atomic mass is 32.2. The molecule has 1 saturated heterocycles. The molecule has 1 heterocycles. The summed E-state index contributed by atoms with van der Waals surface area (Å²) >= 11 is 0. The lowest BCUT2D eigenvalue weighted by atomic mass is 9.99. The van der Waals surface area contributed by atoms with Gasteiger partial charge in [0.1, 0.15) is 0 Å². The molecule has 1 unspecified atom stereocenters. The minimum Gasteiger partial charge on any atom is -0.326 e. The fraction of sp³-hybridized carbons (Fsp3) is 0.600.